The molecule has 0 spiro atoms. The summed E-state index contributed by atoms with van der Waals surface area (Å²) in [4.78, 5) is 17.8. The molecular formula is C25H35BN8O4. The summed E-state index contributed by atoms with van der Waals surface area (Å²) in [5.74, 6) is 0.915. The van der Waals surface area contributed by atoms with Gasteiger partial charge in [0.05, 0.1) is 24.4 Å². The van der Waals surface area contributed by atoms with Gasteiger partial charge < -0.3 is 29.2 Å². The van der Waals surface area contributed by atoms with E-state index in [0.717, 1.165) is 6.42 Å². The number of anilines is 1. The number of nitrogens with zero attached hydrogens (tertiary/aromatic N) is 6. The number of nitrogens with one attached hydrogen (secondary N) is 2. The summed E-state index contributed by atoms with van der Waals surface area (Å²) in [6, 6.07) is 5.56. The number of hydrogen-bond acceptors (Lipinski definition) is 9. The summed E-state index contributed by atoms with van der Waals surface area (Å²) in [5.41, 5.74) is 0.146. The highest BCUT2D eigenvalue weighted by atomic mass is 16.7. The topological polar surface area (TPSA) is 130 Å². The Morgan fingerprint density at radius 3 is 2.66 bits per heavy atom. The van der Waals surface area contributed by atoms with Crippen LogP contribution in [0, 0.1) is 0 Å². The first-order valence-electron chi connectivity index (χ1n) is 12.9. The molecule has 3 aromatic heterocycles. The maximum atomic E-state index is 13.2. The van der Waals surface area contributed by atoms with Gasteiger partial charge in [-0.1, -0.05) is 6.07 Å². The Labute approximate surface area is 222 Å². The molecule has 0 radical (unpaired) electrons. The lowest BCUT2D eigenvalue weighted by atomic mass is 9.77. The lowest BCUT2D eigenvalue weighted by molar-refractivity contribution is 0.00578. The van der Waals surface area contributed by atoms with E-state index in [-0.39, 0.29) is 36.9 Å². The Bertz CT molecular complexity index is 1300. The number of hydrogen-bond donors (Lipinski definition) is 2. The fourth-order valence-electron chi connectivity index (χ4n) is 4.69. The molecule has 38 heavy (non-hydrogen) atoms. The zero-order valence-corrected chi connectivity index (χ0v) is 22.9. The minimum Gasteiger partial charge on any atom is -0.479 e. The molecule has 0 saturated carbocycles. The van der Waals surface area contributed by atoms with Crippen LogP contribution < -0.4 is 15.4 Å². The molecule has 12 nitrogen and oxygen atoms in total. The molecule has 0 aliphatic carbocycles. The summed E-state index contributed by atoms with van der Waals surface area (Å²) in [5, 5.41) is 19.1. The lowest BCUT2D eigenvalue weighted by Gasteiger charge is -2.32. The smallest absolute Gasteiger partial charge is 0.476 e. The Hall–Kier alpha value is -3.29. The molecule has 202 valence electrons. The monoisotopic (exact) mass is 522 g/mol. The Kier molecular flexibility index (Phi) is 6.78. The molecule has 5 heterocycles. The summed E-state index contributed by atoms with van der Waals surface area (Å²) < 4.78 is 21.6. The van der Waals surface area contributed by atoms with E-state index in [9.17, 15) is 4.79 Å². The number of aromatic nitrogens is 6. The largest absolute Gasteiger partial charge is 0.479 e. The van der Waals surface area contributed by atoms with Crippen LogP contribution in [0.4, 0.5) is 5.82 Å². The van der Waals surface area contributed by atoms with Gasteiger partial charge in [-0.25, -0.2) is 4.98 Å². The number of carbonyl (C=O) groups is 1. The first kappa shape index (κ1) is 26.3. The first-order valence-corrected chi connectivity index (χ1v) is 12.9. The predicted molar refractivity (Wildman–Crippen MR) is 142 cm³/mol. The molecule has 2 aliphatic rings. The van der Waals surface area contributed by atoms with Gasteiger partial charge in [-0.05, 0) is 60.1 Å². The minimum absolute atomic E-state index is 0.00773. The van der Waals surface area contributed by atoms with Crippen LogP contribution >= 0.6 is 0 Å². The van der Waals surface area contributed by atoms with Gasteiger partial charge in [0.2, 0.25) is 5.88 Å². The highest BCUT2D eigenvalue weighted by molar-refractivity contribution is 6.47. The van der Waals surface area contributed by atoms with Crippen LogP contribution in [0.3, 0.4) is 0 Å². The number of ether oxygens (including phenoxy) is 1. The fraction of sp³-hybridized carbons (Fsp3) is 0.560. The maximum Gasteiger partial charge on any atom is 0.476 e. The third kappa shape index (κ3) is 4.81. The lowest BCUT2D eigenvalue weighted by Crippen LogP contribution is -2.41. The molecule has 2 atom stereocenters. The van der Waals surface area contributed by atoms with E-state index in [4.69, 9.17) is 14.0 Å². The second-order valence-corrected chi connectivity index (χ2v) is 11.1. The van der Waals surface area contributed by atoms with E-state index in [1.54, 1.807) is 23.3 Å². The van der Waals surface area contributed by atoms with Crippen molar-refractivity contribution >= 4 is 18.8 Å². The summed E-state index contributed by atoms with van der Waals surface area (Å²) in [7, 11) is 1.14. The second kappa shape index (κ2) is 9.79. The Morgan fingerprint density at radius 1 is 1.24 bits per heavy atom. The van der Waals surface area contributed by atoms with Crippen LogP contribution in [-0.4, -0.2) is 73.4 Å². The molecule has 0 aromatic carbocycles. The quantitative estimate of drug-likeness (QED) is 0.450. The molecule has 2 aliphatic heterocycles. The van der Waals surface area contributed by atoms with Crippen LogP contribution in [0.2, 0.25) is 0 Å². The van der Waals surface area contributed by atoms with E-state index in [1.807, 2.05) is 58.2 Å². The molecular weight excluding hydrogens is 487 g/mol. The van der Waals surface area contributed by atoms with Crippen molar-refractivity contribution in [3.05, 3.63) is 36.3 Å². The van der Waals surface area contributed by atoms with Crippen molar-refractivity contribution in [1.29, 1.82) is 0 Å². The molecule has 2 N–H and O–H groups in total. The highest BCUT2D eigenvalue weighted by Gasteiger charge is 2.55. The van der Waals surface area contributed by atoms with Crippen molar-refractivity contribution in [1.82, 2.24) is 34.8 Å². The minimum atomic E-state index is -0.395. The van der Waals surface area contributed by atoms with Gasteiger partial charge in [-0.15, -0.1) is 15.3 Å². The van der Waals surface area contributed by atoms with Gasteiger partial charge in [0, 0.05) is 24.7 Å². The van der Waals surface area contributed by atoms with Crippen LogP contribution in [-0.2, 0) is 9.31 Å². The Morgan fingerprint density at radius 2 is 1.97 bits per heavy atom. The average molecular weight is 522 g/mol. The second-order valence-electron chi connectivity index (χ2n) is 11.1. The average Bonchev–Trinajstić information content (AvgIpc) is 3.64. The number of pyridine rings is 1. The van der Waals surface area contributed by atoms with Crippen LogP contribution in [0.1, 0.15) is 70.4 Å². The number of methoxy groups -OCH3 is 1. The van der Waals surface area contributed by atoms with Crippen molar-refractivity contribution < 1.29 is 18.8 Å². The van der Waals surface area contributed by atoms with Gasteiger partial charge in [0.1, 0.15) is 23.4 Å². The van der Waals surface area contributed by atoms with E-state index in [2.05, 4.69) is 30.9 Å². The van der Waals surface area contributed by atoms with Crippen molar-refractivity contribution in [2.75, 3.05) is 19.0 Å². The van der Waals surface area contributed by atoms with E-state index >= 15 is 0 Å². The third-order valence-corrected chi connectivity index (χ3v) is 7.60. The van der Waals surface area contributed by atoms with Gasteiger partial charge >= 0.3 is 7.12 Å². The molecule has 2 unspecified atom stereocenters. The molecule has 13 heteroatoms. The van der Waals surface area contributed by atoms with Crippen LogP contribution in [0.5, 0.6) is 5.88 Å². The molecule has 3 aromatic rings. The van der Waals surface area contributed by atoms with Crippen molar-refractivity contribution in [2.24, 2.45) is 0 Å². The zero-order chi connectivity index (χ0) is 27.2. The van der Waals surface area contributed by atoms with Gasteiger partial charge in [-0.2, -0.15) is 0 Å². The summed E-state index contributed by atoms with van der Waals surface area (Å²) >= 11 is 0. The van der Waals surface area contributed by atoms with Crippen LogP contribution in [0.25, 0.3) is 11.5 Å². The van der Waals surface area contributed by atoms with Gasteiger partial charge in [0.15, 0.2) is 5.82 Å². The molecule has 2 saturated heterocycles. The Balaban J connectivity index is 1.29. The van der Waals surface area contributed by atoms with Gasteiger partial charge in [-0.3, -0.25) is 9.48 Å². The number of carbonyl (C=O) groups excluding carboxylic acids is 1. The summed E-state index contributed by atoms with van der Waals surface area (Å²) in [6.45, 7) is 12.9. The normalized spacial score (nSPS) is 22.3. The van der Waals surface area contributed by atoms with Gasteiger partial charge in [0.25, 0.3) is 5.91 Å². The van der Waals surface area contributed by atoms with Crippen molar-refractivity contribution in [2.45, 2.75) is 77.2 Å². The first-order chi connectivity index (χ1) is 18.0. The van der Waals surface area contributed by atoms with E-state index in [1.165, 1.54) is 7.11 Å². The number of rotatable bonds is 7. The van der Waals surface area contributed by atoms with Crippen LogP contribution in [0.15, 0.2) is 30.7 Å². The van der Waals surface area contributed by atoms with Crippen molar-refractivity contribution in [3.8, 4) is 17.4 Å². The molecule has 0 bridgehead atoms. The summed E-state index contributed by atoms with van der Waals surface area (Å²) in [6.07, 6.45) is 4.12. The number of amides is 1. The highest BCUT2D eigenvalue weighted by Crippen LogP contribution is 2.39. The predicted octanol–water partition coefficient (Wildman–Crippen LogP) is 2.91. The van der Waals surface area contributed by atoms with Crippen molar-refractivity contribution in [3.63, 3.8) is 0 Å². The maximum absolute atomic E-state index is 13.2. The van der Waals surface area contributed by atoms with E-state index < -0.39 is 11.2 Å². The fourth-order valence-corrected chi connectivity index (χ4v) is 4.69. The molecule has 1 amide bonds. The standard InChI is InChI=1S/C25H35BN8O4/c1-15(2)33-14-28-31-21(33)18-9-8-10-20(29-18)30-22(35)17-13-34(32-23(17)36-7)16-11-19(27-12-16)26-37-24(3,4)25(5,6)38-26/h8-10,13-16,19,27H,11-12H2,1-7H3,(H,29,30,35). The van der Waals surface area contributed by atoms with E-state index in [0.29, 0.717) is 29.4 Å². The molecule has 5 rings (SSSR count). The zero-order valence-electron chi connectivity index (χ0n) is 22.9. The SMILES string of the molecule is COc1nn(C2CNC(B3OC(C)(C)C(C)(C)O3)C2)cc1C(=O)Nc1cccc(-c2nncn2C(C)C)n1. The third-order valence-electron chi connectivity index (χ3n) is 7.60. The molecule has 2 fully saturated rings.